The third-order valence-corrected chi connectivity index (χ3v) is 6.42. The lowest BCUT2D eigenvalue weighted by atomic mass is 9.86. The maximum atomic E-state index is 13.1. The van der Waals surface area contributed by atoms with Gasteiger partial charge in [0.2, 0.25) is 0 Å². The van der Waals surface area contributed by atoms with Crippen LogP contribution in [0.5, 0.6) is 11.5 Å². The van der Waals surface area contributed by atoms with Crippen molar-refractivity contribution in [1.82, 2.24) is 9.80 Å². The van der Waals surface area contributed by atoms with E-state index in [1.165, 1.54) is 4.90 Å². The molecule has 3 saturated heterocycles. The number of piperidine rings is 3. The van der Waals surface area contributed by atoms with Gasteiger partial charge < -0.3 is 14.4 Å². The first-order valence-electron chi connectivity index (χ1n) is 11.6. The van der Waals surface area contributed by atoms with E-state index < -0.39 is 0 Å². The van der Waals surface area contributed by atoms with E-state index in [1.54, 1.807) is 43.3 Å². The molecule has 0 radical (unpaired) electrons. The first-order chi connectivity index (χ1) is 15.8. The molecule has 2 aromatic carbocycles. The average Bonchev–Trinajstić information content (AvgIpc) is 2.81. The topological polar surface area (TPSA) is 62.3 Å². The fourth-order valence-corrected chi connectivity index (χ4v) is 4.58. The lowest BCUT2D eigenvalue weighted by molar-refractivity contribution is -0.0313. The Labute approximate surface area is 195 Å². The highest BCUT2D eigenvalue weighted by molar-refractivity contribution is 5.94. The summed E-state index contributed by atoms with van der Waals surface area (Å²) >= 11 is 0. The molecule has 1 unspecified atom stereocenters. The number of hydrogen-bond donors (Lipinski definition) is 0. The molecule has 7 heteroatoms. The SMILES string of the molecule is CC(C)N(C(=O)OC1CN2CCC1CC2)c1ccc(Oc2ccc(C(=O)N(C)C)cc2)cc1. The van der Waals surface area contributed by atoms with Crippen molar-refractivity contribution in [2.75, 3.05) is 38.6 Å². The second kappa shape index (κ2) is 9.83. The van der Waals surface area contributed by atoms with Crippen molar-refractivity contribution >= 4 is 17.7 Å². The summed E-state index contributed by atoms with van der Waals surface area (Å²) in [5.74, 6) is 1.72. The third kappa shape index (κ3) is 5.30. The number of fused-ring (bicyclic) bond motifs is 3. The highest BCUT2D eigenvalue weighted by Crippen LogP contribution is 2.31. The molecule has 2 aromatic rings. The maximum Gasteiger partial charge on any atom is 0.414 e. The van der Waals surface area contributed by atoms with Gasteiger partial charge in [-0.3, -0.25) is 14.6 Å². The molecule has 0 aromatic heterocycles. The molecular formula is C26H33N3O4. The van der Waals surface area contributed by atoms with Gasteiger partial charge in [0.15, 0.2) is 0 Å². The number of hydrogen-bond acceptors (Lipinski definition) is 5. The van der Waals surface area contributed by atoms with Crippen LogP contribution in [0.2, 0.25) is 0 Å². The lowest BCUT2D eigenvalue weighted by Crippen LogP contribution is -2.53. The van der Waals surface area contributed by atoms with Crippen LogP contribution in [0.25, 0.3) is 0 Å². The molecule has 2 bridgehead atoms. The molecule has 7 nitrogen and oxygen atoms in total. The lowest BCUT2D eigenvalue weighted by Gasteiger charge is -2.44. The second-order valence-electron chi connectivity index (χ2n) is 9.34. The van der Waals surface area contributed by atoms with Crippen LogP contribution < -0.4 is 9.64 Å². The van der Waals surface area contributed by atoms with E-state index >= 15 is 0 Å². The van der Waals surface area contributed by atoms with Crippen LogP contribution in [0.15, 0.2) is 48.5 Å². The zero-order valence-electron chi connectivity index (χ0n) is 19.9. The summed E-state index contributed by atoms with van der Waals surface area (Å²) in [4.78, 5) is 30.7. The van der Waals surface area contributed by atoms with Crippen LogP contribution in [0, 0.1) is 5.92 Å². The van der Waals surface area contributed by atoms with Crippen molar-refractivity contribution in [3.63, 3.8) is 0 Å². The molecule has 3 aliphatic heterocycles. The van der Waals surface area contributed by atoms with Crippen molar-refractivity contribution < 1.29 is 19.1 Å². The largest absolute Gasteiger partial charge is 0.457 e. The van der Waals surface area contributed by atoms with E-state index in [4.69, 9.17) is 9.47 Å². The van der Waals surface area contributed by atoms with Gasteiger partial charge in [-0.1, -0.05) is 0 Å². The summed E-state index contributed by atoms with van der Waals surface area (Å²) in [5.41, 5.74) is 1.38. The van der Waals surface area contributed by atoms with Gasteiger partial charge in [0.05, 0.1) is 0 Å². The average molecular weight is 452 g/mol. The number of nitrogens with zero attached hydrogens (tertiary/aromatic N) is 3. The van der Waals surface area contributed by atoms with Gasteiger partial charge >= 0.3 is 6.09 Å². The molecule has 5 rings (SSSR count). The number of carbonyl (C=O) groups is 2. The van der Waals surface area contributed by atoms with E-state index in [0.717, 1.165) is 38.2 Å². The molecule has 0 aliphatic carbocycles. The summed E-state index contributed by atoms with van der Waals surface area (Å²) in [6, 6.07) is 14.4. The predicted molar refractivity (Wildman–Crippen MR) is 128 cm³/mol. The molecule has 3 aliphatic rings. The standard InChI is InChI=1S/C26H33N3O4/c1-18(2)29(26(31)33-24-17-28-15-13-19(24)14-16-28)21-7-11-23(12-8-21)32-22-9-5-20(6-10-22)25(30)27(3)4/h5-12,18-19,24H,13-17H2,1-4H3. The molecule has 2 amide bonds. The van der Waals surface area contributed by atoms with Crippen LogP contribution in [0.1, 0.15) is 37.0 Å². The molecule has 1 atom stereocenters. The van der Waals surface area contributed by atoms with Gasteiger partial charge in [-0.25, -0.2) is 4.79 Å². The predicted octanol–water partition coefficient (Wildman–Crippen LogP) is 4.63. The van der Waals surface area contributed by atoms with Crippen LogP contribution in [0.3, 0.4) is 0 Å². The molecule has 0 saturated carbocycles. The highest BCUT2D eigenvalue weighted by Gasteiger charge is 2.37. The third-order valence-electron chi connectivity index (χ3n) is 6.42. The Morgan fingerprint density at radius 3 is 2.00 bits per heavy atom. The van der Waals surface area contributed by atoms with E-state index in [-0.39, 0.29) is 24.1 Å². The monoisotopic (exact) mass is 451 g/mol. The highest BCUT2D eigenvalue weighted by atomic mass is 16.6. The molecule has 0 N–H and O–H groups in total. The molecular weight excluding hydrogens is 418 g/mol. The minimum absolute atomic E-state index is 0.0220. The molecule has 0 spiro atoms. The summed E-state index contributed by atoms with van der Waals surface area (Å²) in [7, 11) is 3.45. The minimum atomic E-state index is -0.293. The van der Waals surface area contributed by atoms with Gasteiger partial charge in [0.25, 0.3) is 5.91 Å². The number of rotatable bonds is 6. The number of amides is 2. The van der Waals surface area contributed by atoms with E-state index in [9.17, 15) is 9.59 Å². The van der Waals surface area contributed by atoms with E-state index in [0.29, 0.717) is 23.0 Å². The second-order valence-corrected chi connectivity index (χ2v) is 9.34. The Balaban J connectivity index is 1.41. The molecule has 3 fully saturated rings. The summed E-state index contributed by atoms with van der Waals surface area (Å²) in [5, 5.41) is 0. The Bertz CT molecular complexity index is 964. The Morgan fingerprint density at radius 2 is 1.52 bits per heavy atom. The quantitative estimate of drug-likeness (QED) is 0.641. The minimum Gasteiger partial charge on any atom is -0.457 e. The van der Waals surface area contributed by atoms with Crippen molar-refractivity contribution in [2.24, 2.45) is 5.92 Å². The zero-order chi connectivity index (χ0) is 23.5. The number of carbonyl (C=O) groups excluding carboxylic acids is 2. The Kier molecular flexibility index (Phi) is 6.88. The van der Waals surface area contributed by atoms with Crippen molar-refractivity contribution in [2.45, 2.75) is 38.8 Å². The first-order valence-corrected chi connectivity index (χ1v) is 11.6. The molecule has 176 valence electrons. The normalized spacial score (nSPS) is 21.5. The number of ether oxygens (including phenoxy) is 2. The Morgan fingerprint density at radius 1 is 0.939 bits per heavy atom. The molecule has 3 heterocycles. The van der Waals surface area contributed by atoms with Gasteiger partial charge in [0, 0.05) is 37.9 Å². The van der Waals surface area contributed by atoms with Crippen molar-refractivity contribution in [3.8, 4) is 11.5 Å². The summed E-state index contributed by atoms with van der Waals surface area (Å²) in [6.45, 7) is 7.04. The summed E-state index contributed by atoms with van der Waals surface area (Å²) < 4.78 is 11.9. The van der Waals surface area contributed by atoms with Crippen LogP contribution in [-0.2, 0) is 4.74 Å². The van der Waals surface area contributed by atoms with Crippen LogP contribution >= 0.6 is 0 Å². The smallest absolute Gasteiger partial charge is 0.414 e. The Hall–Kier alpha value is -3.06. The summed E-state index contributed by atoms with van der Waals surface area (Å²) in [6.07, 6.45) is 1.90. The maximum absolute atomic E-state index is 13.1. The van der Waals surface area contributed by atoms with Crippen molar-refractivity contribution in [3.05, 3.63) is 54.1 Å². The van der Waals surface area contributed by atoms with Crippen LogP contribution in [0.4, 0.5) is 10.5 Å². The molecule has 33 heavy (non-hydrogen) atoms. The van der Waals surface area contributed by atoms with Gasteiger partial charge in [0.1, 0.15) is 17.6 Å². The van der Waals surface area contributed by atoms with E-state index in [1.807, 2.05) is 38.1 Å². The number of anilines is 1. The van der Waals surface area contributed by atoms with Gasteiger partial charge in [-0.15, -0.1) is 0 Å². The van der Waals surface area contributed by atoms with Crippen LogP contribution in [-0.4, -0.2) is 67.7 Å². The first kappa shape index (κ1) is 23.1. The fourth-order valence-electron chi connectivity index (χ4n) is 4.58. The zero-order valence-corrected chi connectivity index (χ0v) is 19.9. The van der Waals surface area contributed by atoms with E-state index in [2.05, 4.69) is 4.90 Å². The van der Waals surface area contributed by atoms with Gasteiger partial charge in [-0.2, -0.15) is 0 Å². The fraction of sp³-hybridized carbons (Fsp3) is 0.462. The number of benzene rings is 2. The van der Waals surface area contributed by atoms with Gasteiger partial charge in [-0.05, 0) is 94.2 Å². The van der Waals surface area contributed by atoms with Crippen molar-refractivity contribution in [1.29, 1.82) is 0 Å².